The highest BCUT2D eigenvalue weighted by molar-refractivity contribution is 5.74. The first-order chi connectivity index (χ1) is 14.4. The molecular formula is C23H31N5O2. The SMILES string of the molecule is CCc1cc(N2C[C@@H]3CN(C(C)=O)[C@@H](c4ccc(OC)cc4)[C@@H]3C2)nc(N(C)C)n1. The van der Waals surface area contributed by atoms with Gasteiger partial charge in [0.05, 0.1) is 13.2 Å². The van der Waals surface area contributed by atoms with Gasteiger partial charge in [-0.15, -0.1) is 0 Å². The Morgan fingerprint density at radius 1 is 1.17 bits per heavy atom. The van der Waals surface area contributed by atoms with E-state index in [9.17, 15) is 4.79 Å². The minimum absolute atomic E-state index is 0.0872. The van der Waals surface area contributed by atoms with Crippen LogP contribution < -0.4 is 14.5 Å². The minimum atomic E-state index is 0.0872. The molecule has 3 atom stereocenters. The lowest BCUT2D eigenvalue weighted by molar-refractivity contribution is -0.130. The second-order valence-corrected chi connectivity index (χ2v) is 8.48. The number of hydrogen-bond donors (Lipinski definition) is 0. The molecule has 0 N–H and O–H groups in total. The number of carbonyl (C=O) groups is 1. The van der Waals surface area contributed by atoms with Gasteiger partial charge in [-0.25, -0.2) is 4.98 Å². The van der Waals surface area contributed by atoms with E-state index in [1.165, 1.54) is 5.56 Å². The third kappa shape index (κ3) is 3.68. The van der Waals surface area contributed by atoms with Gasteiger partial charge < -0.3 is 19.4 Å². The Morgan fingerprint density at radius 2 is 1.90 bits per heavy atom. The molecule has 0 spiro atoms. The molecule has 4 rings (SSSR count). The first kappa shape index (κ1) is 20.4. The van der Waals surface area contributed by atoms with Crippen molar-refractivity contribution in [2.75, 3.05) is 50.6 Å². The number of hydrogen-bond acceptors (Lipinski definition) is 6. The van der Waals surface area contributed by atoms with Gasteiger partial charge in [-0.3, -0.25) is 4.79 Å². The van der Waals surface area contributed by atoms with Crippen molar-refractivity contribution in [3.8, 4) is 5.75 Å². The number of nitrogens with zero attached hydrogens (tertiary/aromatic N) is 5. The number of carbonyl (C=O) groups excluding carboxylic acids is 1. The van der Waals surface area contributed by atoms with Gasteiger partial charge in [-0.2, -0.15) is 4.98 Å². The van der Waals surface area contributed by atoms with Gasteiger partial charge >= 0.3 is 0 Å². The quantitative estimate of drug-likeness (QED) is 0.757. The average molecular weight is 410 g/mol. The Bertz CT molecular complexity index is 914. The Balaban J connectivity index is 1.63. The van der Waals surface area contributed by atoms with Crippen molar-refractivity contribution < 1.29 is 9.53 Å². The molecule has 2 fully saturated rings. The Kier molecular flexibility index (Phi) is 5.54. The van der Waals surface area contributed by atoms with Crippen LogP contribution in [0.3, 0.4) is 0 Å². The number of likely N-dealkylation sites (tertiary alicyclic amines) is 1. The Morgan fingerprint density at radius 3 is 2.50 bits per heavy atom. The molecular weight excluding hydrogens is 378 g/mol. The summed E-state index contributed by atoms with van der Waals surface area (Å²) < 4.78 is 5.31. The van der Waals surface area contributed by atoms with Gasteiger partial charge in [-0.1, -0.05) is 19.1 Å². The maximum atomic E-state index is 12.4. The zero-order valence-electron chi connectivity index (χ0n) is 18.5. The van der Waals surface area contributed by atoms with Crippen LogP contribution in [0.4, 0.5) is 11.8 Å². The van der Waals surface area contributed by atoms with Gasteiger partial charge in [0, 0.05) is 64.2 Å². The van der Waals surface area contributed by atoms with Crippen molar-refractivity contribution >= 4 is 17.7 Å². The third-order valence-electron chi connectivity index (χ3n) is 6.37. The summed E-state index contributed by atoms with van der Waals surface area (Å²) in [5.74, 6) is 3.53. The predicted octanol–water partition coefficient (Wildman–Crippen LogP) is 2.77. The van der Waals surface area contributed by atoms with E-state index in [0.717, 1.165) is 49.3 Å². The lowest BCUT2D eigenvalue weighted by Gasteiger charge is -2.30. The lowest BCUT2D eigenvalue weighted by Crippen LogP contribution is -2.34. The van der Waals surface area contributed by atoms with Gasteiger partial charge in [0.1, 0.15) is 11.6 Å². The molecule has 1 aromatic heterocycles. The van der Waals surface area contributed by atoms with E-state index in [1.54, 1.807) is 14.0 Å². The van der Waals surface area contributed by atoms with Crippen LogP contribution in [0.2, 0.25) is 0 Å². The number of aromatic nitrogens is 2. The zero-order chi connectivity index (χ0) is 21.4. The molecule has 2 aliphatic heterocycles. The summed E-state index contributed by atoms with van der Waals surface area (Å²) >= 11 is 0. The van der Waals surface area contributed by atoms with Crippen LogP contribution >= 0.6 is 0 Å². The normalized spacial score (nSPS) is 22.9. The molecule has 0 radical (unpaired) electrons. The summed E-state index contributed by atoms with van der Waals surface area (Å²) in [5, 5.41) is 0. The minimum Gasteiger partial charge on any atom is -0.497 e. The van der Waals surface area contributed by atoms with Crippen LogP contribution in [0.5, 0.6) is 5.75 Å². The van der Waals surface area contributed by atoms with Gasteiger partial charge in [0.15, 0.2) is 0 Å². The number of amides is 1. The van der Waals surface area contributed by atoms with Crippen LogP contribution in [0.1, 0.15) is 31.1 Å². The lowest BCUT2D eigenvalue weighted by atomic mass is 9.89. The second kappa shape index (κ2) is 8.13. The van der Waals surface area contributed by atoms with Crippen molar-refractivity contribution in [3.63, 3.8) is 0 Å². The zero-order valence-corrected chi connectivity index (χ0v) is 18.5. The number of rotatable bonds is 5. The van der Waals surface area contributed by atoms with Crippen LogP contribution in [0.15, 0.2) is 30.3 Å². The van der Waals surface area contributed by atoms with Gasteiger partial charge in [0.2, 0.25) is 11.9 Å². The summed E-state index contributed by atoms with van der Waals surface area (Å²) in [6.45, 7) is 6.39. The van der Waals surface area contributed by atoms with E-state index in [1.807, 2.05) is 36.0 Å². The van der Waals surface area contributed by atoms with Crippen LogP contribution in [0, 0.1) is 11.8 Å². The first-order valence-electron chi connectivity index (χ1n) is 10.6. The molecule has 1 aromatic carbocycles. The van der Waals surface area contributed by atoms with E-state index >= 15 is 0 Å². The van der Waals surface area contributed by atoms with Crippen molar-refractivity contribution in [2.24, 2.45) is 11.8 Å². The highest BCUT2D eigenvalue weighted by atomic mass is 16.5. The number of ether oxygens (including phenoxy) is 1. The molecule has 7 heteroatoms. The third-order valence-corrected chi connectivity index (χ3v) is 6.37. The fourth-order valence-corrected chi connectivity index (χ4v) is 4.80. The molecule has 0 saturated carbocycles. The average Bonchev–Trinajstić information content (AvgIpc) is 3.31. The topological polar surface area (TPSA) is 61.8 Å². The Hall–Kier alpha value is -2.83. The summed E-state index contributed by atoms with van der Waals surface area (Å²) in [7, 11) is 5.62. The molecule has 2 saturated heterocycles. The van der Waals surface area contributed by atoms with Crippen molar-refractivity contribution in [1.29, 1.82) is 0 Å². The fourth-order valence-electron chi connectivity index (χ4n) is 4.80. The number of methoxy groups -OCH3 is 1. The van der Waals surface area contributed by atoms with E-state index < -0.39 is 0 Å². The maximum Gasteiger partial charge on any atom is 0.227 e. The van der Waals surface area contributed by atoms with Crippen LogP contribution in [-0.4, -0.2) is 61.6 Å². The number of anilines is 2. The van der Waals surface area contributed by atoms with E-state index in [2.05, 4.69) is 35.0 Å². The highest BCUT2D eigenvalue weighted by Gasteiger charge is 2.48. The largest absolute Gasteiger partial charge is 0.497 e. The molecule has 0 aliphatic carbocycles. The molecule has 2 aromatic rings. The Labute approximate surface area is 178 Å². The number of benzene rings is 1. The molecule has 1 amide bonds. The summed E-state index contributed by atoms with van der Waals surface area (Å²) in [6, 6.07) is 10.3. The number of fused-ring (bicyclic) bond motifs is 1. The first-order valence-corrected chi connectivity index (χ1v) is 10.6. The molecule has 7 nitrogen and oxygen atoms in total. The molecule has 3 heterocycles. The summed E-state index contributed by atoms with van der Waals surface area (Å²) in [5.41, 5.74) is 2.23. The summed E-state index contributed by atoms with van der Waals surface area (Å²) in [6.07, 6.45) is 0.879. The van der Waals surface area contributed by atoms with Crippen molar-refractivity contribution in [3.05, 3.63) is 41.6 Å². The summed E-state index contributed by atoms with van der Waals surface area (Å²) in [4.78, 5) is 28.2. The number of aryl methyl sites for hydroxylation is 1. The van der Waals surface area contributed by atoms with Gasteiger partial charge in [0.25, 0.3) is 0 Å². The highest BCUT2D eigenvalue weighted by Crippen LogP contribution is 2.46. The van der Waals surface area contributed by atoms with E-state index in [-0.39, 0.29) is 11.9 Å². The fraction of sp³-hybridized carbons (Fsp3) is 0.522. The standard InChI is InChI=1S/C23H31N5O2/c1-6-18-11-21(25-23(24-18)26(3)4)27-12-17-13-28(15(2)29)22(20(17)14-27)16-7-9-19(30-5)10-8-16/h7-11,17,20,22H,6,12-14H2,1-5H3/t17-,20-,22+/m1/s1. The van der Waals surface area contributed by atoms with E-state index in [4.69, 9.17) is 9.72 Å². The van der Waals surface area contributed by atoms with Gasteiger partial charge in [-0.05, 0) is 24.1 Å². The van der Waals surface area contributed by atoms with Crippen LogP contribution in [0.25, 0.3) is 0 Å². The van der Waals surface area contributed by atoms with Crippen molar-refractivity contribution in [2.45, 2.75) is 26.3 Å². The second-order valence-electron chi connectivity index (χ2n) is 8.48. The molecule has 30 heavy (non-hydrogen) atoms. The smallest absolute Gasteiger partial charge is 0.227 e. The molecule has 0 unspecified atom stereocenters. The van der Waals surface area contributed by atoms with E-state index in [0.29, 0.717) is 11.8 Å². The maximum absolute atomic E-state index is 12.4. The molecule has 160 valence electrons. The predicted molar refractivity (Wildman–Crippen MR) is 118 cm³/mol. The van der Waals surface area contributed by atoms with Crippen LogP contribution in [-0.2, 0) is 11.2 Å². The molecule has 0 bridgehead atoms. The van der Waals surface area contributed by atoms with Crippen molar-refractivity contribution in [1.82, 2.24) is 14.9 Å². The monoisotopic (exact) mass is 409 g/mol. The molecule has 2 aliphatic rings.